The minimum Gasteiger partial charge on any atom is -0.393 e. The van der Waals surface area contributed by atoms with Crippen LogP contribution in [-0.4, -0.2) is 21.4 Å². The summed E-state index contributed by atoms with van der Waals surface area (Å²) >= 11 is 0. The van der Waals surface area contributed by atoms with Crippen molar-refractivity contribution in [2.45, 2.75) is 32.3 Å². The van der Waals surface area contributed by atoms with Crippen molar-refractivity contribution in [2.24, 2.45) is 0 Å². The van der Waals surface area contributed by atoms with Gasteiger partial charge in [0.05, 0.1) is 12.5 Å². The van der Waals surface area contributed by atoms with E-state index in [1.165, 1.54) is 5.39 Å². The summed E-state index contributed by atoms with van der Waals surface area (Å²) in [6.45, 7) is 2.04. The monoisotopic (exact) mass is 282 g/mol. The van der Waals surface area contributed by atoms with Gasteiger partial charge in [0.15, 0.2) is 0 Å². The lowest BCUT2D eigenvalue weighted by Crippen LogP contribution is -2.09. The largest absolute Gasteiger partial charge is 0.393 e. The molecule has 108 valence electrons. The van der Waals surface area contributed by atoms with Gasteiger partial charge in [-0.15, -0.1) is 0 Å². The summed E-state index contributed by atoms with van der Waals surface area (Å²) in [5.74, 6) is 1.05. The molecule has 0 spiro atoms. The third-order valence-electron chi connectivity index (χ3n) is 3.51. The maximum Gasteiger partial charge on any atom is 0.229 e. The Kier molecular flexibility index (Phi) is 3.97. The van der Waals surface area contributed by atoms with Crippen molar-refractivity contribution < 1.29 is 9.63 Å². The van der Waals surface area contributed by atoms with E-state index in [-0.39, 0.29) is 0 Å². The average Bonchev–Trinajstić information content (AvgIpc) is 2.95. The Morgan fingerprint density at radius 2 is 1.95 bits per heavy atom. The summed E-state index contributed by atoms with van der Waals surface area (Å²) in [4.78, 5) is 4.37. The molecule has 1 atom stereocenters. The van der Waals surface area contributed by atoms with Crippen molar-refractivity contribution >= 4 is 10.8 Å². The first-order valence-electron chi connectivity index (χ1n) is 7.26. The van der Waals surface area contributed by atoms with E-state index >= 15 is 0 Å². The summed E-state index contributed by atoms with van der Waals surface area (Å²) in [5, 5.41) is 16.1. The minimum atomic E-state index is -0.417. The van der Waals surface area contributed by atoms with Crippen molar-refractivity contribution in [3.63, 3.8) is 0 Å². The van der Waals surface area contributed by atoms with Gasteiger partial charge >= 0.3 is 0 Å². The Morgan fingerprint density at radius 1 is 1.14 bits per heavy atom. The van der Waals surface area contributed by atoms with Crippen LogP contribution in [0.4, 0.5) is 0 Å². The number of hydrogen-bond acceptors (Lipinski definition) is 4. The number of benzene rings is 2. The molecule has 0 aliphatic carbocycles. The van der Waals surface area contributed by atoms with E-state index in [0.29, 0.717) is 18.1 Å². The van der Waals surface area contributed by atoms with Crippen LogP contribution >= 0.6 is 0 Å². The molecule has 4 nitrogen and oxygen atoms in total. The molecule has 1 N–H and O–H groups in total. The van der Waals surface area contributed by atoms with Gasteiger partial charge in [0.25, 0.3) is 0 Å². The van der Waals surface area contributed by atoms with Gasteiger partial charge in [0, 0.05) is 5.56 Å². The topological polar surface area (TPSA) is 59.2 Å². The van der Waals surface area contributed by atoms with E-state index in [2.05, 4.69) is 22.3 Å². The van der Waals surface area contributed by atoms with Crippen LogP contribution < -0.4 is 0 Å². The van der Waals surface area contributed by atoms with Crippen LogP contribution in [0.2, 0.25) is 0 Å². The lowest BCUT2D eigenvalue weighted by atomic mass is 10.1. The molecular weight excluding hydrogens is 264 g/mol. The summed E-state index contributed by atoms with van der Waals surface area (Å²) in [7, 11) is 0. The van der Waals surface area contributed by atoms with Gasteiger partial charge in [-0.25, -0.2) is 0 Å². The van der Waals surface area contributed by atoms with Crippen molar-refractivity contribution in [3.8, 4) is 11.4 Å². The highest BCUT2D eigenvalue weighted by Gasteiger charge is 2.13. The van der Waals surface area contributed by atoms with Crippen LogP contribution in [0.5, 0.6) is 0 Å². The summed E-state index contributed by atoms with van der Waals surface area (Å²) in [6, 6.07) is 14.2. The Labute approximate surface area is 123 Å². The summed E-state index contributed by atoms with van der Waals surface area (Å²) in [6.07, 6.45) is 1.68. The molecule has 2 aromatic carbocycles. The third-order valence-corrected chi connectivity index (χ3v) is 3.51. The highest BCUT2D eigenvalue weighted by atomic mass is 16.5. The zero-order chi connectivity index (χ0) is 14.7. The van der Waals surface area contributed by atoms with Gasteiger partial charge < -0.3 is 9.63 Å². The molecule has 0 fully saturated rings. The molecule has 21 heavy (non-hydrogen) atoms. The highest BCUT2D eigenvalue weighted by Crippen LogP contribution is 2.22. The first-order valence-corrected chi connectivity index (χ1v) is 7.26. The molecule has 4 heteroatoms. The first-order chi connectivity index (χ1) is 10.3. The molecule has 0 saturated heterocycles. The Balaban J connectivity index is 1.84. The van der Waals surface area contributed by atoms with E-state index in [4.69, 9.17) is 4.52 Å². The number of nitrogens with zero attached hydrogens (tertiary/aromatic N) is 2. The normalized spacial score (nSPS) is 12.7. The molecule has 3 aromatic rings. The molecule has 1 unspecified atom stereocenters. The second-order valence-corrected chi connectivity index (χ2v) is 5.22. The zero-order valence-corrected chi connectivity index (χ0v) is 12.0. The summed E-state index contributed by atoms with van der Waals surface area (Å²) in [5.41, 5.74) is 0.925. The third kappa shape index (κ3) is 3.11. The number of aliphatic hydroxyl groups is 1. The van der Waals surface area contributed by atoms with E-state index in [0.717, 1.165) is 23.8 Å². The molecule has 0 radical (unpaired) electrons. The lowest BCUT2D eigenvalue weighted by Gasteiger charge is -2.04. The predicted octanol–water partition coefficient (Wildman–Crippen LogP) is 3.59. The van der Waals surface area contributed by atoms with Crippen molar-refractivity contribution in [1.82, 2.24) is 10.1 Å². The number of rotatable bonds is 5. The molecule has 0 aliphatic rings. The fourth-order valence-corrected chi connectivity index (χ4v) is 2.42. The number of fused-ring (bicyclic) bond motifs is 1. The molecule has 0 saturated carbocycles. The van der Waals surface area contributed by atoms with E-state index in [1.54, 1.807) is 0 Å². The first kappa shape index (κ1) is 13.8. The van der Waals surface area contributed by atoms with Gasteiger partial charge in [0.2, 0.25) is 11.7 Å². The smallest absolute Gasteiger partial charge is 0.229 e. The van der Waals surface area contributed by atoms with Gasteiger partial charge in [-0.1, -0.05) is 54.9 Å². The molecule has 1 aromatic heterocycles. The van der Waals surface area contributed by atoms with Crippen LogP contribution in [0.1, 0.15) is 25.7 Å². The van der Waals surface area contributed by atoms with Crippen molar-refractivity contribution in [2.75, 3.05) is 0 Å². The molecule has 3 rings (SSSR count). The maximum atomic E-state index is 9.80. The van der Waals surface area contributed by atoms with Crippen molar-refractivity contribution in [3.05, 3.63) is 48.4 Å². The summed E-state index contributed by atoms with van der Waals surface area (Å²) < 4.78 is 5.23. The highest BCUT2D eigenvalue weighted by molar-refractivity contribution is 5.86. The Morgan fingerprint density at radius 3 is 2.76 bits per heavy atom. The molecule has 0 bridgehead atoms. The fraction of sp³-hybridized carbons (Fsp3) is 0.294. The Hall–Kier alpha value is -2.20. The van der Waals surface area contributed by atoms with E-state index in [1.807, 2.05) is 37.3 Å². The van der Waals surface area contributed by atoms with E-state index in [9.17, 15) is 5.11 Å². The molecule has 0 aliphatic heterocycles. The zero-order valence-electron chi connectivity index (χ0n) is 12.0. The predicted molar refractivity (Wildman–Crippen MR) is 81.9 cm³/mol. The minimum absolute atomic E-state index is 0.411. The quantitative estimate of drug-likeness (QED) is 0.777. The average molecular weight is 282 g/mol. The maximum absolute atomic E-state index is 9.80. The SMILES string of the molecule is CCCC(O)Cc1nc(-c2ccc3ccccc3c2)no1. The Bertz CT molecular complexity index is 736. The van der Waals surface area contributed by atoms with Crippen molar-refractivity contribution in [1.29, 1.82) is 0 Å². The van der Waals surface area contributed by atoms with Crippen LogP contribution in [0, 0.1) is 0 Å². The van der Waals surface area contributed by atoms with Crippen LogP contribution in [-0.2, 0) is 6.42 Å². The van der Waals surface area contributed by atoms with E-state index < -0.39 is 6.10 Å². The van der Waals surface area contributed by atoms with Crippen LogP contribution in [0.3, 0.4) is 0 Å². The second kappa shape index (κ2) is 6.06. The van der Waals surface area contributed by atoms with Gasteiger partial charge in [-0.05, 0) is 23.3 Å². The number of aromatic nitrogens is 2. The molecular formula is C17H18N2O2. The van der Waals surface area contributed by atoms with Gasteiger partial charge in [-0.2, -0.15) is 4.98 Å². The fourth-order valence-electron chi connectivity index (χ4n) is 2.42. The molecule has 1 heterocycles. The number of hydrogen-bond donors (Lipinski definition) is 1. The molecule has 0 amide bonds. The second-order valence-electron chi connectivity index (χ2n) is 5.22. The van der Waals surface area contributed by atoms with Gasteiger partial charge in [0.1, 0.15) is 0 Å². The van der Waals surface area contributed by atoms with Gasteiger partial charge in [-0.3, -0.25) is 0 Å². The lowest BCUT2D eigenvalue weighted by molar-refractivity contribution is 0.152. The standard InChI is InChI=1S/C17H18N2O2/c1-2-5-15(20)11-16-18-17(19-21-16)14-9-8-12-6-3-4-7-13(12)10-14/h3-4,6-10,15,20H,2,5,11H2,1H3. The van der Waals surface area contributed by atoms with Crippen LogP contribution in [0.15, 0.2) is 47.0 Å². The van der Waals surface area contributed by atoms with Crippen LogP contribution in [0.25, 0.3) is 22.2 Å². The number of aliphatic hydroxyl groups excluding tert-OH is 1.